The molecule has 1 saturated carbocycles. The molecule has 0 radical (unpaired) electrons. The van der Waals surface area contributed by atoms with Gasteiger partial charge < -0.3 is 5.11 Å². The van der Waals surface area contributed by atoms with Gasteiger partial charge in [-0.2, -0.15) is 11.8 Å². The van der Waals surface area contributed by atoms with Crippen LogP contribution in [-0.4, -0.2) is 31.1 Å². The van der Waals surface area contributed by atoms with Crippen LogP contribution in [0.2, 0.25) is 0 Å². The Morgan fingerprint density at radius 2 is 1.95 bits per heavy atom. The molecule has 2 N–H and O–H groups in total. The first-order valence-electron chi connectivity index (χ1n) is 6.37. The molecule has 1 aliphatic carbocycles. The van der Waals surface area contributed by atoms with Gasteiger partial charge in [0, 0.05) is 11.3 Å². The Bertz CT molecular complexity index is 530. The van der Waals surface area contributed by atoms with Gasteiger partial charge in [0.15, 0.2) is 0 Å². The molecule has 19 heavy (non-hydrogen) atoms. The number of aromatic hydroxyl groups is 1. The summed E-state index contributed by atoms with van der Waals surface area (Å²) in [6, 6.07) is 5.99. The second kappa shape index (κ2) is 6.15. The maximum Gasteiger partial charge on any atom is 0.244 e. The molecule has 4 nitrogen and oxygen atoms in total. The minimum Gasteiger partial charge on any atom is -0.507 e. The maximum absolute atomic E-state index is 12.3. The summed E-state index contributed by atoms with van der Waals surface area (Å²) >= 11 is 1.70. The molecular formula is C13H19NO3S2. The van der Waals surface area contributed by atoms with E-state index in [-0.39, 0.29) is 16.7 Å². The van der Waals surface area contributed by atoms with Crippen LogP contribution in [0.4, 0.5) is 0 Å². The molecule has 1 aliphatic rings. The molecule has 2 atom stereocenters. The fourth-order valence-electron chi connectivity index (χ4n) is 2.46. The Labute approximate surface area is 118 Å². The van der Waals surface area contributed by atoms with Crippen molar-refractivity contribution in [2.45, 2.75) is 41.9 Å². The van der Waals surface area contributed by atoms with Crippen molar-refractivity contribution >= 4 is 21.8 Å². The number of hydrogen-bond acceptors (Lipinski definition) is 4. The second-order valence-corrected chi connectivity index (χ2v) is 7.51. The predicted octanol–water partition coefficient (Wildman–Crippen LogP) is 2.34. The van der Waals surface area contributed by atoms with Gasteiger partial charge in [0.1, 0.15) is 10.6 Å². The van der Waals surface area contributed by atoms with Crippen molar-refractivity contribution in [3.05, 3.63) is 24.3 Å². The van der Waals surface area contributed by atoms with Crippen LogP contribution in [0.3, 0.4) is 0 Å². The van der Waals surface area contributed by atoms with Gasteiger partial charge in [-0.3, -0.25) is 0 Å². The lowest BCUT2D eigenvalue weighted by Gasteiger charge is -2.30. The SMILES string of the molecule is CSC1CCCCC1NS(=O)(=O)c1ccccc1O. The molecule has 0 amide bonds. The van der Waals surface area contributed by atoms with Gasteiger partial charge in [-0.1, -0.05) is 25.0 Å². The average molecular weight is 301 g/mol. The van der Waals surface area contributed by atoms with Crippen molar-refractivity contribution in [3.8, 4) is 5.75 Å². The largest absolute Gasteiger partial charge is 0.507 e. The second-order valence-electron chi connectivity index (χ2n) is 4.75. The zero-order valence-electron chi connectivity index (χ0n) is 10.9. The fraction of sp³-hybridized carbons (Fsp3) is 0.538. The predicted molar refractivity (Wildman–Crippen MR) is 78.0 cm³/mol. The van der Waals surface area contributed by atoms with Gasteiger partial charge in [0.25, 0.3) is 0 Å². The lowest BCUT2D eigenvalue weighted by atomic mass is 9.96. The molecular weight excluding hydrogens is 282 g/mol. The van der Waals surface area contributed by atoms with E-state index in [1.54, 1.807) is 23.9 Å². The first kappa shape index (κ1) is 14.7. The van der Waals surface area contributed by atoms with E-state index in [9.17, 15) is 13.5 Å². The van der Waals surface area contributed by atoms with E-state index in [2.05, 4.69) is 4.72 Å². The van der Waals surface area contributed by atoms with Gasteiger partial charge in [-0.25, -0.2) is 13.1 Å². The zero-order chi connectivity index (χ0) is 13.9. The molecule has 1 aromatic carbocycles. The lowest BCUT2D eigenvalue weighted by Crippen LogP contribution is -2.43. The summed E-state index contributed by atoms with van der Waals surface area (Å²) < 4.78 is 27.3. The molecule has 0 saturated heterocycles. The fourth-order valence-corrected chi connectivity index (χ4v) is 4.89. The molecule has 6 heteroatoms. The Balaban J connectivity index is 2.19. The third-order valence-electron chi connectivity index (χ3n) is 3.47. The van der Waals surface area contributed by atoms with Crippen molar-refractivity contribution in [2.24, 2.45) is 0 Å². The van der Waals surface area contributed by atoms with Crippen molar-refractivity contribution in [3.63, 3.8) is 0 Å². The quantitative estimate of drug-likeness (QED) is 0.896. The van der Waals surface area contributed by atoms with E-state index in [1.807, 2.05) is 6.26 Å². The number of sulfonamides is 1. The summed E-state index contributed by atoms with van der Waals surface area (Å²) in [4.78, 5) is -0.0413. The molecule has 0 bridgehead atoms. The molecule has 106 valence electrons. The molecule has 2 rings (SSSR count). The van der Waals surface area contributed by atoms with Gasteiger partial charge in [0.2, 0.25) is 10.0 Å². The summed E-state index contributed by atoms with van der Waals surface area (Å²) in [7, 11) is -3.65. The summed E-state index contributed by atoms with van der Waals surface area (Å²) in [5.41, 5.74) is 0. The van der Waals surface area contributed by atoms with E-state index < -0.39 is 10.0 Å². The number of phenolic OH excluding ortho intramolecular Hbond substituents is 1. The first-order chi connectivity index (χ1) is 9.04. The van der Waals surface area contributed by atoms with Gasteiger partial charge in [0.05, 0.1) is 0 Å². The first-order valence-corrected chi connectivity index (χ1v) is 9.15. The Hall–Kier alpha value is -0.720. The highest BCUT2D eigenvalue weighted by atomic mass is 32.2. The number of para-hydroxylation sites is 1. The number of hydrogen-bond donors (Lipinski definition) is 2. The minimum atomic E-state index is -3.65. The Morgan fingerprint density at radius 3 is 2.63 bits per heavy atom. The van der Waals surface area contributed by atoms with E-state index in [0.717, 1.165) is 25.7 Å². The number of benzene rings is 1. The van der Waals surface area contributed by atoms with Crippen LogP contribution in [0.1, 0.15) is 25.7 Å². The van der Waals surface area contributed by atoms with Crippen LogP contribution in [0.15, 0.2) is 29.2 Å². The third-order valence-corrected chi connectivity index (χ3v) is 6.17. The van der Waals surface area contributed by atoms with Gasteiger partial charge in [-0.05, 0) is 31.2 Å². The van der Waals surface area contributed by atoms with Crippen molar-refractivity contribution < 1.29 is 13.5 Å². The Morgan fingerprint density at radius 1 is 1.26 bits per heavy atom. The summed E-state index contributed by atoms with van der Waals surface area (Å²) in [6.45, 7) is 0. The van der Waals surface area contributed by atoms with Crippen LogP contribution >= 0.6 is 11.8 Å². The zero-order valence-corrected chi connectivity index (χ0v) is 12.5. The molecule has 0 heterocycles. The van der Waals surface area contributed by atoms with Crippen LogP contribution in [0, 0.1) is 0 Å². The molecule has 0 aliphatic heterocycles. The van der Waals surface area contributed by atoms with Crippen molar-refractivity contribution in [2.75, 3.05) is 6.26 Å². The van der Waals surface area contributed by atoms with Gasteiger partial charge >= 0.3 is 0 Å². The molecule has 0 aromatic heterocycles. The van der Waals surface area contributed by atoms with E-state index >= 15 is 0 Å². The van der Waals surface area contributed by atoms with E-state index in [0.29, 0.717) is 5.25 Å². The van der Waals surface area contributed by atoms with E-state index in [1.165, 1.54) is 12.1 Å². The maximum atomic E-state index is 12.3. The normalized spacial score (nSPS) is 24.3. The molecule has 2 unspecified atom stereocenters. The highest BCUT2D eigenvalue weighted by molar-refractivity contribution is 7.99. The van der Waals surface area contributed by atoms with Crippen LogP contribution in [0.5, 0.6) is 5.75 Å². The highest BCUT2D eigenvalue weighted by Crippen LogP contribution is 2.29. The average Bonchev–Trinajstić information content (AvgIpc) is 2.39. The van der Waals surface area contributed by atoms with Crippen LogP contribution in [-0.2, 0) is 10.0 Å². The standard InChI is InChI=1S/C13H19NO3S2/c1-18-12-8-4-2-6-10(12)14-19(16,17)13-9-5-3-7-11(13)15/h3,5,7,9-10,12,14-15H,2,4,6,8H2,1H3. The summed E-state index contributed by atoms with van der Waals surface area (Å²) in [6.07, 6.45) is 6.11. The van der Waals surface area contributed by atoms with Crippen molar-refractivity contribution in [1.29, 1.82) is 0 Å². The highest BCUT2D eigenvalue weighted by Gasteiger charge is 2.29. The van der Waals surface area contributed by atoms with Crippen LogP contribution in [0.25, 0.3) is 0 Å². The van der Waals surface area contributed by atoms with E-state index in [4.69, 9.17) is 0 Å². The smallest absolute Gasteiger partial charge is 0.244 e. The summed E-state index contributed by atoms with van der Waals surface area (Å²) in [5, 5.41) is 9.99. The van der Waals surface area contributed by atoms with Gasteiger partial charge in [-0.15, -0.1) is 0 Å². The number of phenols is 1. The molecule has 1 aromatic rings. The Kier molecular flexibility index (Phi) is 4.76. The van der Waals surface area contributed by atoms with Crippen LogP contribution < -0.4 is 4.72 Å². The summed E-state index contributed by atoms with van der Waals surface area (Å²) in [5.74, 6) is -0.202. The molecule has 0 spiro atoms. The topological polar surface area (TPSA) is 66.4 Å². The third kappa shape index (κ3) is 3.43. The molecule has 1 fully saturated rings. The lowest BCUT2D eigenvalue weighted by molar-refractivity contribution is 0.420. The number of nitrogens with one attached hydrogen (secondary N) is 1. The minimum absolute atomic E-state index is 0.0413. The number of thioether (sulfide) groups is 1. The van der Waals surface area contributed by atoms with Crippen molar-refractivity contribution in [1.82, 2.24) is 4.72 Å². The number of rotatable bonds is 4. The monoisotopic (exact) mass is 301 g/mol.